The van der Waals surface area contributed by atoms with Crippen LogP contribution in [0.15, 0.2) is 36.5 Å². The number of nitrogens with one attached hydrogen (secondary N) is 2. The molecule has 1 saturated heterocycles. The average Bonchev–Trinajstić information content (AvgIpc) is 2.63. The van der Waals surface area contributed by atoms with Gasteiger partial charge in [0.2, 0.25) is 5.88 Å². The number of carbonyl (C=O) groups excluding carboxylic acids is 1. The maximum Gasteiger partial charge on any atom is 0.255 e. The molecule has 1 aliphatic heterocycles. The van der Waals surface area contributed by atoms with Crippen LogP contribution in [0, 0.1) is 0 Å². The first kappa shape index (κ1) is 20.5. The second-order valence-electron chi connectivity index (χ2n) is 5.57. The maximum absolute atomic E-state index is 12.4. The van der Waals surface area contributed by atoms with Crippen molar-refractivity contribution in [1.29, 1.82) is 0 Å². The van der Waals surface area contributed by atoms with Crippen molar-refractivity contribution in [2.75, 3.05) is 31.6 Å². The molecule has 1 fully saturated rings. The highest BCUT2D eigenvalue weighted by Gasteiger charge is 2.19. The minimum absolute atomic E-state index is 0. The van der Waals surface area contributed by atoms with Gasteiger partial charge in [-0.2, -0.15) is 0 Å². The second kappa shape index (κ2) is 9.73. The molecule has 0 radical (unpaired) electrons. The summed E-state index contributed by atoms with van der Waals surface area (Å²) >= 11 is 6.37. The molecule has 1 unspecified atom stereocenters. The van der Waals surface area contributed by atoms with Crippen LogP contribution < -0.4 is 15.4 Å². The number of halogens is 2. The molecule has 0 saturated carbocycles. The van der Waals surface area contributed by atoms with Crippen molar-refractivity contribution in [3.05, 3.63) is 52.7 Å². The Labute approximate surface area is 163 Å². The maximum atomic E-state index is 12.4. The normalized spacial score (nSPS) is 16.5. The molecule has 2 N–H and O–H groups in total. The lowest BCUT2D eigenvalue weighted by Gasteiger charge is -2.25. The number of rotatable bonds is 5. The molecule has 1 aromatic heterocycles. The van der Waals surface area contributed by atoms with Gasteiger partial charge in [-0.15, -0.1) is 12.4 Å². The molecule has 1 atom stereocenters. The molecular weight excluding hydrogens is 377 g/mol. The number of hydrogen-bond acceptors (Lipinski definition) is 5. The van der Waals surface area contributed by atoms with Gasteiger partial charge in [0.25, 0.3) is 5.91 Å². The monoisotopic (exact) mass is 397 g/mol. The van der Waals surface area contributed by atoms with Crippen LogP contribution >= 0.6 is 24.0 Å². The van der Waals surface area contributed by atoms with Crippen LogP contribution in [0.25, 0.3) is 0 Å². The molecular formula is C18H21Cl2N3O3. The summed E-state index contributed by atoms with van der Waals surface area (Å²) in [4.78, 5) is 16.4. The van der Waals surface area contributed by atoms with Crippen LogP contribution in [0.3, 0.4) is 0 Å². The predicted molar refractivity (Wildman–Crippen MR) is 104 cm³/mol. The number of pyridine rings is 1. The van der Waals surface area contributed by atoms with Crippen molar-refractivity contribution in [3.8, 4) is 5.88 Å². The summed E-state index contributed by atoms with van der Waals surface area (Å²) in [6.07, 6.45) is 1.48. The molecule has 1 aliphatic rings. The average molecular weight is 398 g/mol. The minimum atomic E-state index is -0.247. The number of ether oxygens (including phenoxy) is 2. The number of aromatic nitrogens is 1. The van der Waals surface area contributed by atoms with Crippen LogP contribution in [0.5, 0.6) is 5.88 Å². The Morgan fingerprint density at radius 3 is 2.96 bits per heavy atom. The van der Waals surface area contributed by atoms with Crippen LogP contribution in [-0.4, -0.2) is 37.2 Å². The largest absolute Gasteiger partial charge is 0.478 e. The van der Waals surface area contributed by atoms with E-state index >= 15 is 0 Å². The molecule has 1 amide bonds. The molecule has 2 heterocycles. The van der Waals surface area contributed by atoms with E-state index in [0.717, 1.165) is 18.7 Å². The number of amides is 1. The first-order chi connectivity index (χ1) is 12.2. The fourth-order valence-corrected chi connectivity index (χ4v) is 2.91. The lowest BCUT2D eigenvalue weighted by atomic mass is 10.1. The minimum Gasteiger partial charge on any atom is -0.478 e. The SMILES string of the molecule is CCOc1cc(C(=O)Nc2ccc(C3CNCCO3)c(Cl)c2)ccn1.Cl. The number of anilines is 1. The van der Waals surface area contributed by atoms with Gasteiger partial charge in [0.15, 0.2) is 0 Å². The van der Waals surface area contributed by atoms with Crippen molar-refractivity contribution in [3.63, 3.8) is 0 Å². The van der Waals surface area contributed by atoms with Gasteiger partial charge in [-0.1, -0.05) is 17.7 Å². The highest BCUT2D eigenvalue weighted by atomic mass is 35.5. The number of nitrogens with zero attached hydrogens (tertiary/aromatic N) is 1. The van der Waals surface area contributed by atoms with Crippen LogP contribution in [0.4, 0.5) is 5.69 Å². The first-order valence-corrected chi connectivity index (χ1v) is 8.57. The Bertz CT molecular complexity index is 752. The zero-order chi connectivity index (χ0) is 17.6. The van der Waals surface area contributed by atoms with Crippen molar-refractivity contribution in [2.24, 2.45) is 0 Å². The summed E-state index contributed by atoms with van der Waals surface area (Å²) in [6, 6.07) is 8.68. The number of benzene rings is 1. The highest BCUT2D eigenvalue weighted by molar-refractivity contribution is 6.31. The molecule has 0 aliphatic carbocycles. The lowest BCUT2D eigenvalue weighted by Crippen LogP contribution is -2.33. The van der Waals surface area contributed by atoms with Crippen LogP contribution in [0.1, 0.15) is 28.9 Å². The molecule has 1 aromatic carbocycles. The zero-order valence-electron chi connectivity index (χ0n) is 14.3. The van der Waals surface area contributed by atoms with E-state index in [4.69, 9.17) is 21.1 Å². The van der Waals surface area contributed by atoms with E-state index in [1.165, 1.54) is 0 Å². The standard InChI is InChI=1S/C18H20ClN3O3.ClH/c1-2-24-17-9-12(5-6-21-17)18(23)22-13-3-4-14(15(19)10-13)16-11-20-7-8-25-16;/h3-6,9-10,16,20H,2,7-8,11H2,1H3,(H,22,23);1H. The third-order valence-corrected chi connectivity index (χ3v) is 4.15. The fourth-order valence-electron chi connectivity index (χ4n) is 2.61. The van der Waals surface area contributed by atoms with Gasteiger partial charge in [0.05, 0.1) is 19.3 Å². The van der Waals surface area contributed by atoms with Crippen LogP contribution in [0.2, 0.25) is 5.02 Å². The topological polar surface area (TPSA) is 72.5 Å². The van der Waals surface area contributed by atoms with E-state index in [0.29, 0.717) is 35.4 Å². The van der Waals surface area contributed by atoms with E-state index in [9.17, 15) is 4.79 Å². The van der Waals surface area contributed by atoms with Gasteiger partial charge in [0.1, 0.15) is 0 Å². The summed E-state index contributed by atoms with van der Waals surface area (Å²) < 4.78 is 11.0. The molecule has 0 bridgehead atoms. The van der Waals surface area contributed by atoms with Gasteiger partial charge in [-0.3, -0.25) is 4.79 Å². The lowest BCUT2D eigenvalue weighted by molar-refractivity contribution is 0.0278. The smallest absolute Gasteiger partial charge is 0.255 e. The van der Waals surface area contributed by atoms with Gasteiger partial charge in [0, 0.05) is 47.2 Å². The van der Waals surface area contributed by atoms with Gasteiger partial charge in [-0.25, -0.2) is 4.98 Å². The Balaban J connectivity index is 0.00000243. The number of hydrogen-bond donors (Lipinski definition) is 2. The summed E-state index contributed by atoms with van der Waals surface area (Å²) in [5, 5.41) is 6.67. The quantitative estimate of drug-likeness (QED) is 0.807. The third-order valence-electron chi connectivity index (χ3n) is 3.82. The van der Waals surface area contributed by atoms with Crippen molar-refractivity contribution >= 4 is 35.6 Å². The fraction of sp³-hybridized carbons (Fsp3) is 0.333. The van der Waals surface area contributed by atoms with E-state index in [-0.39, 0.29) is 24.4 Å². The van der Waals surface area contributed by atoms with E-state index < -0.39 is 0 Å². The molecule has 140 valence electrons. The molecule has 3 rings (SSSR count). The number of carbonyl (C=O) groups is 1. The van der Waals surface area contributed by atoms with E-state index in [1.807, 2.05) is 19.1 Å². The Kier molecular flexibility index (Phi) is 7.66. The summed E-state index contributed by atoms with van der Waals surface area (Å²) in [6.45, 7) is 4.58. The van der Waals surface area contributed by atoms with E-state index in [1.54, 1.807) is 24.4 Å². The predicted octanol–water partition coefficient (Wildman–Crippen LogP) is 3.47. The number of morpholine rings is 1. The Hall–Kier alpha value is -1.86. The van der Waals surface area contributed by atoms with E-state index in [2.05, 4.69) is 15.6 Å². The summed E-state index contributed by atoms with van der Waals surface area (Å²) in [7, 11) is 0. The molecule has 6 nitrogen and oxygen atoms in total. The molecule has 8 heteroatoms. The first-order valence-electron chi connectivity index (χ1n) is 8.19. The summed E-state index contributed by atoms with van der Waals surface area (Å²) in [5.74, 6) is 0.174. The van der Waals surface area contributed by atoms with Gasteiger partial charge >= 0.3 is 0 Å². The van der Waals surface area contributed by atoms with Crippen molar-refractivity contribution in [1.82, 2.24) is 10.3 Å². The van der Waals surface area contributed by atoms with Gasteiger partial charge < -0.3 is 20.1 Å². The Morgan fingerprint density at radius 1 is 1.42 bits per heavy atom. The Morgan fingerprint density at radius 2 is 2.27 bits per heavy atom. The highest BCUT2D eigenvalue weighted by Crippen LogP contribution is 2.29. The summed E-state index contributed by atoms with van der Waals surface area (Å²) in [5.41, 5.74) is 2.00. The third kappa shape index (κ3) is 5.08. The van der Waals surface area contributed by atoms with Gasteiger partial charge in [-0.05, 0) is 25.1 Å². The molecule has 2 aromatic rings. The van der Waals surface area contributed by atoms with Crippen molar-refractivity contribution in [2.45, 2.75) is 13.0 Å². The van der Waals surface area contributed by atoms with Crippen LogP contribution in [-0.2, 0) is 4.74 Å². The second-order valence-corrected chi connectivity index (χ2v) is 5.98. The molecule has 0 spiro atoms. The zero-order valence-corrected chi connectivity index (χ0v) is 15.9. The molecule has 26 heavy (non-hydrogen) atoms. The van der Waals surface area contributed by atoms with Crippen molar-refractivity contribution < 1.29 is 14.3 Å².